The van der Waals surface area contributed by atoms with Gasteiger partial charge in [-0.25, -0.2) is 4.79 Å². The highest BCUT2D eigenvalue weighted by Gasteiger charge is 2.10. The van der Waals surface area contributed by atoms with E-state index >= 15 is 0 Å². The van der Waals surface area contributed by atoms with Crippen molar-refractivity contribution in [2.45, 2.75) is 34.2 Å². The molecule has 1 rings (SSSR count). The Morgan fingerprint density at radius 3 is 2.50 bits per heavy atom. The molecule has 0 unspecified atom stereocenters. The minimum Gasteiger partial charge on any atom is -0.464 e. The molecule has 0 atom stereocenters. The summed E-state index contributed by atoms with van der Waals surface area (Å²) in [5.74, 6) is -0.384. The van der Waals surface area contributed by atoms with E-state index in [0.717, 1.165) is 12.2 Å². The smallest absolute Gasteiger partial charge is 0.358 e. The topological polar surface area (TPSA) is 44.1 Å². The molecule has 4 nitrogen and oxygen atoms in total. The average molecular weight is 198 g/mol. The van der Waals surface area contributed by atoms with Crippen LogP contribution in [0, 0.1) is 6.92 Å². The number of methoxy groups -OCH3 is 1. The molecule has 1 aromatic heterocycles. The lowest BCUT2D eigenvalue weighted by Crippen LogP contribution is -2.04. The quantitative estimate of drug-likeness (QED) is 0.683. The van der Waals surface area contributed by atoms with Crippen LogP contribution in [0.15, 0.2) is 6.07 Å². The maximum Gasteiger partial charge on any atom is 0.358 e. The van der Waals surface area contributed by atoms with Gasteiger partial charge in [0.15, 0.2) is 5.69 Å². The monoisotopic (exact) mass is 198 g/mol. The Kier molecular flexibility index (Phi) is 5.60. The maximum absolute atomic E-state index is 11.0. The number of aryl methyl sites for hydroxylation is 2. The van der Waals surface area contributed by atoms with Gasteiger partial charge < -0.3 is 4.74 Å². The van der Waals surface area contributed by atoms with Gasteiger partial charge in [0.1, 0.15) is 0 Å². The van der Waals surface area contributed by atoms with E-state index in [1.165, 1.54) is 7.11 Å². The maximum atomic E-state index is 11.0. The fourth-order valence-corrected chi connectivity index (χ4v) is 1.03. The number of aromatic nitrogens is 2. The second-order valence-electron chi connectivity index (χ2n) is 2.48. The summed E-state index contributed by atoms with van der Waals surface area (Å²) >= 11 is 0. The number of rotatable bonds is 2. The molecule has 80 valence electrons. The van der Waals surface area contributed by atoms with Gasteiger partial charge in [-0.15, -0.1) is 0 Å². The second-order valence-corrected chi connectivity index (χ2v) is 2.48. The van der Waals surface area contributed by atoms with Gasteiger partial charge in [0.2, 0.25) is 0 Å². The molecule has 4 heteroatoms. The van der Waals surface area contributed by atoms with Crippen LogP contribution in [0.2, 0.25) is 0 Å². The van der Waals surface area contributed by atoms with Gasteiger partial charge in [0, 0.05) is 12.2 Å². The summed E-state index contributed by atoms with van der Waals surface area (Å²) in [6, 6.07) is 1.72. The van der Waals surface area contributed by atoms with Crippen molar-refractivity contribution in [1.29, 1.82) is 0 Å². The fourth-order valence-electron chi connectivity index (χ4n) is 1.03. The van der Waals surface area contributed by atoms with E-state index in [1.807, 2.05) is 27.7 Å². The highest BCUT2D eigenvalue weighted by atomic mass is 16.5. The third-order valence-corrected chi connectivity index (χ3v) is 1.68. The number of esters is 1. The summed E-state index contributed by atoms with van der Waals surface area (Å²) in [6.45, 7) is 8.65. The molecule has 0 saturated carbocycles. The lowest BCUT2D eigenvalue weighted by molar-refractivity contribution is 0.0593. The molecular formula is C10H18N2O2. The molecule has 0 saturated heterocycles. The molecule has 0 N–H and O–H groups in total. The molecule has 1 aromatic rings. The number of hydrogen-bond acceptors (Lipinski definition) is 3. The lowest BCUT2D eigenvalue weighted by atomic mass is 10.4. The minimum atomic E-state index is -0.384. The molecule has 0 radical (unpaired) electrons. The van der Waals surface area contributed by atoms with E-state index in [-0.39, 0.29) is 5.97 Å². The highest BCUT2D eigenvalue weighted by Crippen LogP contribution is 2.03. The first-order chi connectivity index (χ1) is 6.69. The second kappa shape index (κ2) is 6.18. The summed E-state index contributed by atoms with van der Waals surface area (Å²) in [4.78, 5) is 11.0. The normalized spacial score (nSPS) is 8.93. The average Bonchev–Trinajstić information content (AvgIpc) is 2.61. The van der Waals surface area contributed by atoms with E-state index < -0.39 is 0 Å². The molecule has 14 heavy (non-hydrogen) atoms. The molecular weight excluding hydrogens is 180 g/mol. The van der Waals surface area contributed by atoms with E-state index in [2.05, 4.69) is 9.84 Å². The molecule has 0 amide bonds. The van der Waals surface area contributed by atoms with Gasteiger partial charge in [0.25, 0.3) is 0 Å². The van der Waals surface area contributed by atoms with E-state index in [1.54, 1.807) is 10.7 Å². The van der Waals surface area contributed by atoms with Gasteiger partial charge in [-0.2, -0.15) is 5.10 Å². The van der Waals surface area contributed by atoms with E-state index in [4.69, 9.17) is 0 Å². The first-order valence-corrected chi connectivity index (χ1v) is 4.81. The van der Waals surface area contributed by atoms with E-state index in [0.29, 0.717) is 5.69 Å². The first kappa shape index (κ1) is 12.7. The van der Waals surface area contributed by atoms with Crippen molar-refractivity contribution >= 4 is 5.97 Å². The van der Waals surface area contributed by atoms with Crippen molar-refractivity contribution < 1.29 is 9.53 Å². The van der Waals surface area contributed by atoms with Gasteiger partial charge in [-0.3, -0.25) is 4.68 Å². The number of nitrogens with zero attached hydrogens (tertiary/aromatic N) is 2. The van der Waals surface area contributed by atoms with E-state index in [9.17, 15) is 4.79 Å². The van der Waals surface area contributed by atoms with Gasteiger partial charge in [0.05, 0.1) is 7.11 Å². The lowest BCUT2D eigenvalue weighted by Gasteiger charge is -1.96. The largest absolute Gasteiger partial charge is 0.464 e. The number of hydrogen-bond donors (Lipinski definition) is 0. The predicted molar refractivity (Wildman–Crippen MR) is 55.3 cm³/mol. The van der Waals surface area contributed by atoms with Gasteiger partial charge in [-0.05, 0) is 19.9 Å². The summed E-state index contributed by atoms with van der Waals surface area (Å²) in [5.41, 5.74) is 1.34. The van der Waals surface area contributed by atoms with Crippen LogP contribution in [-0.2, 0) is 11.3 Å². The Bertz CT molecular complexity index is 292. The molecule has 0 aromatic carbocycles. The molecule has 0 fully saturated rings. The van der Waals surface area contributed by atoms with Crippen LogP contribution in [0.5, 0.6) is 0 Å². The fraction of sp³-hybridized carbons (Fsp3) is 0.600. The molecule has 0 bridgehead atoms. The van der Waals surface area contributed by atoms with Crippen molar-refractivity contribution in [2.75, 3.05) is 7.11 Å². The Balaban J connectivity index is 0.000000791. The standard InChI is InChI=1S/C8H12N2O2.C2H6/c1-4-10-6(2)5-7(9-10)8(11)12-3;1-2/h5H,4H2,1-3H3;1-2H3. The molecule has 1 heterocycles. The van der Waals surface area contributed by atoms with Crippen molar-refractivity contribution in [2.24, 2.45) is 0 Å². The molecule has 0 spiro atoms. The van der Waals surface area contributed by atoms with Crippen molar-refractivity contribution in [3.8, 4) is 0 Å². The Labute approximate surface area is 84.9 Å². The highest BCUT2D eigenvalue weighted by molar-refractivity contribution is 5.87. The van der Waals surface area contributed by atoms with Crippen LogP contribution in [0.4, 0.5) is 0 Å². The molecule has 0 aliphatic rings. The van der Waals surface area contributed by atoms with Crippen LogP contribution < -0.4 is 0 Å². The SMILES string of the molecule is CC.CCn1nc(C(=O)OC)cc1C. The third kappa shape index (κ3) is 2.87. The zero-order valence-corrected chi connectivity index (χ0v) is 9.50. The number of ether oxygens (including phenoxy) is 1. The first-order valence-electron chi connectivity index (χ1n) is 4.81. The van der Waals surface area contributed by atoms with Crippen LogP contribution in [0.1, 0.15) is 37.0 Å². The minimum absolute atomic E-state index is 0.372. The zero-order chi connectivity index (χ0) is 11.1. The Morgan fingerprint density at radius 1 is 1.57 bits per heavy atom. The van der Waals surface area contributed by atoms with Crippen molar-refractivity contribution in [3.05, 3.63) is 17.5 Å². The van der Waals surface area contributed by atoms with Crippen LogP contribution in [0.3, 0.4) is 0 Å². The van der Waals surface area contributed by atoms with Gasteiger partial charge >= 0.3 is 5.97 Å². The van der Waals surface area contributed by atoms with Crippen molar-refractivity contribution in [3.63, 3.8) is 0 Å². The third-order valence-electron chi connectivity index (χ3n) is 1.68. The Hall–Kier alpha value is -1.32. The number of carbonyl (C=O) groups is 1. The summed E-state index contributed by atoms with van der Waals surface area (Å²) < 4.78 is 6.29. The summed E-state index contributed by atoms with van der Waals surface area (Å²) in [7, 11) is 1.35. The molecule has 0 aliphatic carbocycles. The van der Waals surface area contributed by atoms with Crippen LogP contribution >= 0.6 is 0 Å². The summed E-state index contributed by atoms with van der Waals surface area (Å²) in [5, 5.41) is 4.04. The van der Waals surface area contributed by atoms with Crippen LogP contribution in [-0.4, -0.2) is 22.9 Å². The van der Waals surface area contributed by atoms with Gasteiger partial charge in [-0.1, -0.05) is 13.8 Å². The predicted octanol–water partition coefficient (Wildman–Crippen LogP) is 2.02. The zero-order valence-electron chi connectivity index (χ0n) is 9.50. The molecule has 0 aliphatic heterocycles. The van der Waals surface area contributed by atoms with Crippen molar-refractivity contribution in [1.82, 2.24) is 9.78 Å². The summed E-state index contributed by atoms with van der Waals surface area (Å²) in [6.07, 6.45) is 0. The Morgan fingerprint density at radius 2 is 2.14 bits per heavy atom. The van der Waals surface area contributed by atoms with Crippen LogP contribution in [0.25, 0.3) is 0 Å². The number of carbonyl (C=O) groups excluding carboxylic acids is 1.